The van der Waals surface area contributed by atoms with E-state index in [1.807, 2.05) is 6.07 Å². The molecule has 1 aliphatic rings. The Labute approximate surface area is 122 Å². The molecule has 0 radical (unpaired) electrons. The minimum atomic E-state index is -0.309. The fourth-order valence-corrected chi connectivity index (χ4v) is 2.81. The molecule has 1 aromatic carbocycles. The Hall–Kier alpha value is -1.35. The van der Waals surface area contributed by atoms with E-state index >= 15 is 0 Å². The molecule has 20 heavy (non-hydrogen) atoms. The Balaban J connectivity index is 1.88. The first-order valence-electron chi connectivity index (χ1n) is 7.56. The molecule has 1 fully saturated rings. The highest BCUT2D eigenvalue weighted by molar-refractivity contribution is 5.77. The first-order valence-corrected chi connectivity index (χ1v) is 7.56. The van der Waals surface area contributed by atoms with Crippen LogP contribution < -0.4 is 10.6 Å². The lowest BCUT2D eigenvalue weighted by Gasteiger charge is -2.27. The minimum absolute atomic E-state index is 0.156. The topological polar surface area (TPSA) is 41.1 Å². The van der Waals surface area contributed by atoms with E-state index in [-0.39, 0.29) is 11.4 Å². The molecule has 1 atom stereocenters. The summed E-state index contributed by atoms with van der Waals surface area (Å²) >= 11 is 0. The molecule has 1 saturated heterocycles. The van der Waals surface area contributed by atoms with Gasteiger partial charge >= 0.3 is 0 Å². The monoisotopic (exact) mass is 274 g/mol. The molecule has 1 aromatic rings. The molecule has 1 aliphatic heterocycles. The van der Waals surface area contributed by atoms with E-state index in [0.29, 0.717) is 12.3 Å². The molecule has 0 saturated carbocycles. The normalized spacial score (nSPS) is 19.1. The highest BCUT2D eigenvalue weighted by atomic mass is 16.1. The maximum Gasteiger partial charge on any atom is 0.220 e. The molecular formula is C17H26N2O. The summed E-state index contributed by atoms with van der Waals surface area (Å²) < 4.78 is 0. The highest BCUT2D eigenvalue weighted by Crippen LogP contribution is 2.22. The van der Waals surface area contributed by atoms with Crippen LogP contribution in [0, 0.1) is 12.8 Å². The van der Waals surface area contributed by atoms with E-state index in [1.54, 1.807) is 0 Å². The molecule has 1 heterocycles. The summed E-state index contributed by atoms with van der Waals surface area (Å²) in [4.78, 5) is 12.1. The first-order chi connectivity index (χ1) is 9.47. The number of carbonyl (C=O) groups excluding carboxylic acids is 1. The van der Waals surface area contributed by atoms with Gasteiger partial charge in [0.2, 0.25) is 5.91 Å². The summed E-state index contributed by atoms with van der Waals surface area (Å²) in [5.74, 6) is 0.825. The first kappa shape index (κ1) is 15.0. The number of hydrogen-bond acceptors (Lipinski definition) is 2. The number of nitrogens with one attached hydrogen (secondary N) is 2. The van der Waals surface area contributed by atoms with Crippen molar-refractivity contribution in [3.8, 4) is 0 Å². The quantitative estimate of drug-likeness (QED) is 0.867. The summed E-state index contributed by atoms with van der Waals surface area (Å²) in [5, 5.41) is 6.51. The summed E-state index contributed by atoms with van der Waals surface area (Å²) in [6.45, 7) is 8.37. The number of amides is 1. The lowest BCUT2D eigenvalue weighted by molar-refractivity contribution is -0.123. The van der Waals surface area contributed by atoms with E-state index < -0.39 is 0 Å². The van der Waals surface area contributed by atoms with Gasteiger partial charge in [-0.25, -0.2) is 0 Å². The highest BCUT2D eigenvalue weighted by Gasteiger charge is 2.23. The smallest absolute Gasteiger partial charge is 0.220 e. The molecule has 1 unspecified atom stereocenters. The number of rotatable bonds is 5. The molecule has 2 rings (SSSR count). The average molecular weight is 274 g/mol. The van der Waals surface area contributed by atoms with Gasteiger partial charge in [-0.3, -0.25) is 4.79 Å². The van der Waals surface area contributed by atoms with Crippen molar-refractivity contribution in [2.24, 2.45) is 5.92 Å². The molecule has 0 spiro atoms. The summed E-state index contributed by atoms with van der Waals surface area (Å²) in [6, 6.07) is 8.34. The number of carbonyl (C=O) groups is 1. The Morgan fingerprint density at radius 3 is 2.90 bits per heavy atom. The predicted molar refractivity (Wildman–Crippen MR) is 82.6 cm³/mol. The van der Waals surface area contributed by atoms with Crippen molar-refractivity contribution in [3.63, 3.8) is 0 Å². The van der Waals surface area contributed by atoms with Crippen molar-refractivity contribution < 1.29 is 4.79 Å². The van der Waals surface area contributed by atoms with E-state index in [0.717, 1.165) is 25.1 Å². The summed E-state index contributed by atoms with van der Waals surface area (Å²) in [7, 11) is 0. The van der Waals surface area contributed by atoms with Gasteiger partial charge in [-0.05, 0) is 58.2 Å². The Morgan fingerprint density at radius 2 is 2.25 bits per heavy atom. The SMILES string of the molecule is Cc1cccc(C(C)(C)NC(=O)CCC2CCNC2)c1. The van der Waals surface area contributed by atoms with Gasteiger partial charge in [0, 0.05) is 6.42 Å². The van der Waals surface area contributed by atoms with Crippen molar-refractivity contribution in [2.75, 3.05) is 13.1 Å². The minimum Gasteiger partial charge on any atom is -0.347 e. The number of aryl methyl sites for hydroxylation is 1. The van der Waals surface area contributed by atoms with E-state index in [9.17, 15) is 4.79 Å². The number of hydrogen-bond donors (Lipinski definition) is 2. The van der Waals surface area contributed by atoms with Crippen molar-refractivity contribution in [1.82, 2.24) is 10.6 Å². The maximum absolute atomic E-state index is 12.1. The third kappa shape index (κ3) is 4.07. The van der Waals surface area contributed by atoms with Crippen LogP contribution in [0.2, 0.25) is 0 Å². The van der Waals surface area contributed by atoms with Crippen LogP contribution in [-0.2, 0) is 10.3 Å². The molecule has 0 aliphatic carbocycles. The van der Waals surface area contributed by atoms with Gasteiger partial charge in [0.25, 0.3) is 0 Å². The predicted octanol–water partition coefficient (Wildman–Crippen LogP) is 2.74. The van der Waals surface area contributed by atoms with Gasteiger partial charge in [-0.15, -0.1) is 0 Å². The molecule has 0 aromatic heterocycles. The van der Waals surface area contributed by atoms with Gasteiger partial charge in [0.05, 0.1) is 5.54 Å². The second-order valence-electron chi connectivity index (χ2n) is 6.44. The van der Waals surface area contributed by atoms with Crippen LogP contribution in [0.25, 0.3) is 0 Å². The number of benzene rings is 1. The van der Waals surface area contributed by atoms with E-state index in [4.69, 9.17) is 0 Å². The van der Waals surface area contributed by atoms with E-state index in [1.165, 1.54) is 12.0 Å². The van der Waals surface area contributed by atoms with Gasteiger partial charge in [0.1, 0.15) is 0 Å². The summed E-state index contributed by atoms with van der Waals surface area (Å²) in [6.07, 6.45) is 2.82. The van der Waals surface area contributed by atoms with E-state index in [2.05, 4.69) is 49.6 Å². The standard InChI is InChI=1S/C17H26N2O/c1-13-5-4-6-15(11-13)17(2,3)19-16(20)8-7-14-9-10-18-12-14/h4-6,11,14,18H,7-10,12H2,1-3H3,(H,19,20). The molecule has 110 valence electrons. The second kappa shape index (κ2) is 6.40. The van der Waals surface area contributed by atoms with Crippen LogP contribution in [-0.4, -0.2) is 19.0 Å². The van der Waals surface area contributed by atoms with Crippen LogP contribution in [0.15, 0.2) is 24.3 Å². The Morgan fingerprint density at radius 1 is 1.45 bits per heavy atom. The fourth-order valence-electron chi connectivity index (χ4n) is 2.81. The molecule has 3 heteroatoms. The van der Waals surface area contributed by atoms with Crippen LogP contribution in [0.4, 0.5) is 0 Å². The van der Waals surface area contributed by atoms with Gasteiger partial charge < -0.3 is 10.6 Å². The van der Waals surface area contributed by atoms with Gasteiger partial charge in [-0.2, -0.15) is 0 Å². The third-order valence-corrected chi connectivity index (χ3v) is 4.13. The Bertz CT molecular complexity index is 462. The van der Waals surface area contributed by atoms with Crippen molar-refractivity contribution in [3.05, 3.63) is 35.4 Å². The van der Waals surface area contributed by atoms with Crippen molar-refractivity contribution in [1.29, 1.82) is 0 Å². The fraction of sp³-hybridized carbons (Fsp3) is 0.588. The van der Waals surface area contributed by atoms with Crippen LogP contribution in [0.5, 0.6) is 0 Å². The average Bonchev–Trinajstić information content (AvgIpc) is 2.89. The van der Waals surface area contributed by atoms with Crippen molar-refractivity contribution in [2.45, 2.75) is 45.6 Å². The molecule has 1 amide bonds. The maximum atomic E-state index is 12.1. The largest absolute Gasteiger partial charge is 0.347 e. The molecule has 2 N–H and O–H groups in total. The van der Waals surface area contributed by atoms with Crippen LogP contribution in [0.3, 0.4) is 0 Å². The van der Waals surface area contributed by atoms with Gasteiger partial charge in [0.15, 0.2) is 0 Å². The van der Waals surface area contributed by atoms with Gasteiger partial charge in [-0.1, -0.05) is 29.8 Å². The van der Waals surface area contributed by atoms with Crippen LogP contribution in [0.1, 0.15) is 44.2 Å². The Kier molecular flexibility index (Phi) is 4.81. The molecule has 3 nitrogen and oxygen atoms in total. The molecule has 0 bridgehead atoms. The van der Waals surface area contributed by atoms with Crippen molar-refractivity contribution >= 4 is 5.91 Å². The summed E-state index contributed by atoms with van der Waals surface area (Å²) in [5.41, 5.74) is 2.08. The second-order valence-corrected chi connectivity index (χ2v) is 6.44. The zero-order valence-corrected chi connectivity index (χ0v) is 12.8. The zero-order valence-electron chi connectivity index (χ0n) is 12.8. The van der Waals surface area contributed by atoms with Crippen LogP contribution >= 0.6 is 0 Å². The lowest BCUT2D eigenvalue weighted by Crippen LogP contribution is -2.41. The third-order valence-electron chi connectivity index (χ3n) is 4.13. The molecular weight excluding hydrogens is 248 g/mol. The zero-order chi connectivity index (χ0) is 14.6. The lowest BCUT2D eigenvalue weighted by atomic mass is 9.92.